The van der Waals surface area contributed by atoms with Gasteiger partial charge in [-0.1, -0.05) is 6.07 Å². The Morgan fingerprint density at radius 3 is 2.95 bits per heavy atom. The van der Waals surface area contributed by atoms with Gasteiger partial charge in [0.1, 0.15) is 17.5 Å². The quantitative estimate of drug-likeness (QED) is 0.912. The molecule has 3 heterocycles. The fraction of sp³-hybridized carbons (Fsp3) is 0.429. The Bertz CT molecular complexity index is 586. The highest BCUT2D eigenvalue weighted by Gasteiger charge is 2.23. The third kappa shape index (κ3) is 2.28. The molecule has 0 aliphatic carbocycles. The van der Waals surface area contributed by atoms with Gasteiger partial charge in [-0.2, -0.15) is 0 Å². The van der Waals surface area contributed by atoms with E-state index < -0.39 is 0 Å². The number of rotatable bonds is 3. The summed E-state index contributed by atoms with van der Waals surface area (Å²) < 4.78 is 1.95. The van der Waals surface area contributed by atoms with Gasteiger partial charge in [0.2, 0.25) is 5.91 Å². The smallest absolute Gasteiger partial charge is 0.244 e. The number of carbonyl (C=O) groups excluding carboxylic acids is 1. The van der Waals surface area contributed by atoms with Crippen molar-refractivity contribution in [2.24, 2.45) is 0 Å². The molecule has 1 amide bonds. The highest BCUT2D eigenvalue weighted by Crippen LogP contribution is 2.14. The standard InChI is InChI=1S/C14H18N4O/c1-11(14(19)17-8-2-3-9-17)16-13-6-4-5-12-15-7-10-18(12)13/h4-7,10-11,16H,2-3,8-9H2,1H3. The molecule has 5 nitrogen and oxygen atoms in total. The molecule has 1 atom stereocenters. The lowest BCUT2D eigenvalue weighted by molar-refractivity contribution is -0.130. The average molecular weight is 258 g/mol. The monoisotopic (exact) mass is 258 g/mol. The Kier molecular flexibility index (Phi) is 3.11. The van der Waals surface area contributed by atoms with E-state index in [1.807, 2.05) is 40.6 Å². The van der Waals surface area contributed by atoms with Crippen molar-refractivity contribution in [3.8, 4) is 0 Å². The lowest BCUT2D eigenvalue weighted by Crippen LogP contribution is -2.39. The SMILES string of the molecule is CC(Nc1cccc2nccn12)C(=O)N1CCCC1. The summed E-state index contributed by atoms with van der Waals surface area (Å²) in [5, 5.41) is 3.28. The van der Waals surface area contributed by atoms with Crippen LogP contribution in [0.5, 0.6) is 0 Å². The number of imidazole rings is 1. The lowest BCUT2D eigenvalue weighted by Gasteiger charge is -2.22. The number of hydrogen-bond acceptors (Lipinski definition) is 3. The van der Waals surface area contributed by atoms with Crippen LogP contribution in [0.1, 0.15) is 19.8 Å². The second kappa shape index (κ2) is 4.91. The van der Waals surface area contributed by atoms with Crippen LogP contribution >= 0.6 is 0 Å². The summed E-state index contributed by atoms with van der Waals surface area (Å²) in [5.41, 5.74) is 0.880. The lowest BCUT2D eigenvalue weighted by atomic mass is 10.3. The third-order valence-corrected chi connectivity index (χ3v) is 3.58. The van der Waals surface area contributed by atoms with Crippen molar-refractivity contribution < 1.29 is 4.79 Å². The number of likely N-dealkylation sites (tertiary alicyclic amines) is 1. The summed E-state index contributed by atoms with van der Waals surface area (Å²) >= 11 is 0. The van der Waals surface area contributed by atoms with Crippen molar-refractivity contribution in [2.75, 3.05) is 18.4 Å². The van der Waals surface area contributed by atoms with Crippen molar-refractivity contribution >= 4 is 17.4 Å². The molecule has 0 radical (unpaired) electrons. The van der Waals surface area contributed by atoms with Gasteiger partial charge < -0.3 is 10.2 Å². The van der Waals surface area contributed by atoms with Crippen LogP contribution < -0.4 is 5.32 Å². The molecule has 1 N–H and O–H groups in total. The maximum Gasteiger partial charge on any atom is 0.244 e. The van der Waals surface area contributed by atoms with Gasteiger partial charge in [-0.3, -0.25) is 9.20 Å². The maximum atomic E-state index is 12.3. The van der Waals surface area contributed by atoms with E-state index in [1.54, 1.807) is 6.20 Å². The largest absolute Gasteiger partial charge is 0.360 e. The van der Waals surface area contributed by atoms with E-state index in [9.17, 15) is 4.79 Å². The molecule has 2 aromatic heterocycles. The Hall–Kier alpha value is -2.04. The zero-order valence-corrected chi connectivity index (χ0v) is 11.0. The average Bonchev–Trinajstić information content (AvgIpc) is 3.09. The molecule has 100 valence electrons. The summed E-state index contributed by atoms with van der Waals surface area (Å²) in [6, 6.07) is 5.63. The first-order valence-electron chi connectivity index (χ1n) is 6.73. The van der Waals surface area contributed by atoms with Crippen molar-refractivity contribution in [1.29, 1.82) is 0 Å². The van der Waals surface area contributed by atoms with Crippen LogP contribution in [0.4, 0.5) is 5.82 Å². The van der Waals surface area contributed by atoms with E-state index >= 15 is 0 Å². The minimum atomic E-state index is -0.217. The minimum absolute atomic E-state index is 0.176. The Balaban J connectivity index is 1.76. The molecule has 0 spiro atoms. The van der Waals surface area contributed by atoms with Crippen molar-refractivity contribution in [3.63, 3.8) is 0 Å². The summed E-state index contributed by atoms with van der Waals surface area (Å²) in [4.78, 5) is 18.4. The summed E-state index contributed by atoms with van der Waals surface area (Å²) in [6.45, 7) is 3.69. The van der Waals surface area contributed by atoms with E-state index in [-0.39, 0.29) is 11.9 Å². The summed E-state index contributed by atoms with van der Waals surface area (Å²) in [5.74, 6) is 1.07. The van der Waals surface area contributed by atoms with Crippen LogP contribution in [0.25, 0.3) is 5.65 Å². The van der Waals surface area contributed by atoms with Gasteiger partial charge in [-0.25, -0.2) is 4.98 Å². The van der Waals surface area contributed by atoms with Crippen LogP contribution in [0.3, 0.4) is 0 Å². The molecule has 1 fully saturated rings. The van der Waals surface area contributed by atoms with E-state index in [2.05, 4.69) is 10.3 Å². The molecule has 1 aliphatic heterocycles. The number of pyridine rings is 1. The van der Waals surface area contributed by atoms with E-state index in [0.29, 0.717) is 0 Å². The maximum absolute atomic E-state index is 12.3. The molecule has 1 aliphatic rings. The predicted octanol–water partition coefficient (Wildman–Crippen LogP) is 1.76. The molecular weight excluding hydrogens is 240 g/mol. The number of anilines is 1. The van der Waals surface area contributed by atoms with E-state index in [0.717, 1.165) is 37.4 Å². The van der Waals surface area contributed by atoms with Gasteiger partial charge in [0.25, 0.3) is 0 Å². The van der Waals surface area contributed by atoms with Gasteiger partial charge >= 0.3 is 0 Å². The number of carbonyl (C=O) groups is 1. The zero-order valence-electron chi connectivity index (χ0n) is 11.0. The molecule has 0 saturated carbocycles. The molecule has 0 aromatic carbocycles. The molecular formula is C14H18N4O. The number of fused-ring (bicyclic) bond motifs is 1. The van der Waals surface area contributed by atoms with E-state index in [1.165, 1.54) is 0 Å². The summed E-state index contributed by atoms with van der Waals surface area (Å²) in [6.07, 6.45) is 5.89. The fourth-order valence-corrected chi connectivity index (χ4v) is 2.56. The second-order valence-corrected chi connectivity index (χ2v) is 4.96. The Morgan fingerprint density at radius 1 is 1.37 bits per heavy atom. The first-order valence-corrected chi connectivity index (χ1v) is 6.73. The molecule has 2 aromatic rings. The Labute approximate surface area is 112 Å². The molecule has 19 heavy (non-hydrogen) atoms. The van der Waals surface area contributed by atoms with Gasteiger partial charge in [0.15, 0.2) is 0 Å². The van der Waals surface area contributed by atoms with Crippen LogP contribution in [-0.4, -0.2) is 39.3 Å². The third-order valence-electron chi connectivity index (χ3n) is 3.58. The number of amides is 1. The van der Waals surface area contributed by atoms with Crippen molar-refractivity contribution in [2.45, 2.75) is 25.8 Å². The topological polar surface area (TPSA) is 49.6 Å². The minimum Gasteiger partial charge on any atom is -0.360 e. The van der Waals surface area contributed by atoms with Crippen molar-refractivity contribution in [1.82, 2.24) is 14.3 Å². The van der Waals surface area contributed by atoms with Crippen LogP contribution in [0.2, 0.25) is 0 Å². The van der Waals surface area contributed by atoms with Gasteiger partial charge in [0, 0.05) is 25.5 Å². The Morgan fingerprint density at radius 2 is 2.16 bits per heavy atom. The molecule has 1 saturated heterocycles. The second-order valence-electron chi connectivity index (χ2n) is 4.96. The van der Waals surface area contributed by atoms with Crippen LogP contribution in [0.15, 0.2) is 30.6 Å². The van der Waals surface area contributed by atoms with Gasteiger partial charge in [-0.05, 0) is 31.9 Å². The summed E-state index contributed by atoms with van der Waals surface area (Å²) in [7, 11) is 0. The highest BCUT2D eigenvalue weighted by molar-refractivity contribution is 5.84. The number of aromatic nitrogens is 2. The van der Waals surface area contributed by atoms with E-state index in [4.69, 9.17) is 0 Å². The van der Waals surface area contributed by atoms with Gasteiger partial charge in [-0.15, -0.1) is 0 Å². The molecule has 5 heteroatoms. The first kappa shape index (κ1) is 12.0. The molecule has 0 bridgehead atoms. The number of hydrogen-bond donors (Lipinski definition) is 1. The zero-order chi connectivity index (χ0) is 13.2. The normalized spacial score (nSPS) is 16.8. The van der Waals surface area contributed by atoms with Crippen LogP contribution in [-0.2, 0) is 4.79 Å². The van der Waals surface area contributed by atoms with Crippen LogP contribution in [0, 0.1) is 0 Å². The number of nitrogens with zero attached hydrogens (tertiary/aromatic N) is 3. The molecule has 3 rings (SSSR count). The molecule has 1 unspecified atom stereocenters. The van der Waals surface area contributed by atoms with Crippen molar-refractivity contribution in [3.05, 3.63) is 30.6 Å². The highest BCUT2D eigenvalue weighted by atomic mass is 16.2. The number of nitrogens with one attached hydrogen (secondary N) is 1. The first-order chi connectivity index (χ1) is 9.25. The fourth-order valence-electron chi connectivity index (χ4n) is 2.56. The van der Waals surface area contributed by atoms with Gasteiger partial charge in [0.05, 0.1) is 0 Å². The predicted molar refractivity (Wildman–Crippen MR) is 74.1 cm³/mol.